The number of morpholine rings is 1. The van der Waals surface area contributed by atoms with Gasteiger partial charge in [-0.15, -0.1) is 0 Å². The molecule has 1 saturated carbocycles. The van der Waals surface area contributed by atoms with Crippen LogP contribution >= 0.6 is 0 Å². The molecule has 6 heteroatoms. The number of carboxylic acid groups (broad SMARTS) is 1. The molecule has 1 aliphatic heterocycles. The lowest BCUT2D eigenvalue weighted by molar-refractivity contribution is -0.172. The van der Waals surface area contributed by atoms with Crippen LogP contribution < -0.4 is 0 Å². The molecule has 2 fully saturated rings. The maximum atomic E-state index is 13.4. The van der Waals surface area contributed by atoms with Crippen molar-refractivity contribution in [3.8, 4) is 0 Å². The lowest BCUT2D eigenvalue weighted by Crippen LogP contribution is -2.57. The number of hydrogen-bond acceptors (Lipinski definition) is 3. The number of carbonyl (C=O) groups is 2. The predicted octanol–water partition coefficient (Wildman–Crippen LogP) is 2.24. The summed E-state index contributed by atoms with van der Waals surface area (Å²) in [6.45, 7) is 2.24. The third kappa shape index (κ3) is 3.29. The number of rotatable bonds is 4. The van der Waals surface area contributed by atoms with Gasteiger partial charge in [-0.1, -0.05) is 18.6 Å². The van der Waals surface area contributed by atoms with Crippen LogP contribution in [0.4, 0.5) is 4.39 Å². The summed E-state index contributed by atoms with van der Waals surface area (Å²) in [5.41, 5.74) is 0.271. The van der Waals surface area contributed by atoms with E-state index in [2.05, 4.69) is 0 Å². The first-order valence-corrected chi connectivity index (χ1v) is 8.32. The lowest BCUT2D eigenvalue weighted by Gasteiger charge is -2.46. The van der Waals surface area contributed by atoms with Gasteiger partial charge in [0.05, 0.1) is 18.1 Å². The Morgan fingerprint density at radius 1 is 1.38 bits per heavy atom. The summed E-state index contributed by atoms with van der Waals surface area (Å²) in [5, 5.41) is 9.19. The molecule has 1 unspecified atom stereocenters. The van der Waals surface area contributed by atoms with Gasteiger partial charge in [-0.25, -0.2) is 9.18 Å². The van der Waals surface area contributed by atoms with Crippen molar-refractivity contribution < 1.29 is 23.8 Å². The highest BCUT2D eigenvalue weighted by Gasteiger charge is 2.48. The number of hydrogen-bond donors (Lipinski definition) is 1. The van der Waals surface area contributed by atoms with Gasteiger partial charge in [0.1, 0.15) is 5.82 Å². The van der Waals surface area contributed by atoms with Crippen molar-refractivity contribution in [1.82, 2.24) is 4.90 Å². The Balaban J connectivity index is 1.77. The zero-order chi connectivity index (χ0) is 17.3. The van der Waals surface area contributed by atoms with Crippen molar-refractivity contribution in [1.29, 1.82) is 0 Å². The molecule has 5 nitrogen and oxygen atoms in total. The SMILES string of the molecule is C[C@@H]1CN(C(=O)C2(Cc3cccc(F)c3)CCC2)CC(C(=O)O)O1. The molecule has 130 valence electrons. The average Bonchev–Trinajstić information content (AvgIpc) is 2.49. The summed E-state index contributed by atoms with van der Waals surface area (Å²) in [4.78, 5) is 25.9. The van der Waals surface area contributed by atoms with Crippen LogP contribution in [0.1, 0.15) is 31.7 Å². The molecule has 0 aromatic heterocycles. The Morgan fingerprint density at radius 3 is 2.71 bits per heavy atom. The topological polar surface area (TPSA) is 66.8 Å². The summed E-state index contributed by atoms with van der Waals surface area (Å²) in [5.74, 6) is -1.38. The molecule has 1 aliphatic carbocycles. The average molecular weight is 335 g/mol. The van der Waals surface area contributed by atoms with E-state index in [1.165, 1.54) is 12.1 Å². The van der Waals surface area contributed by atoms with Crippen LogP contribution in [-0.2, 0) is 20.7 Å². The van der Waals surface area contributed by atoms with Crippen molar-refractivity contribution >= 4 is 11.9 Å². The largest absolute Gasteiger partial charge is 0.479 e. The Bertz CT molecular complexity index is 644. The molecule has 1 amide bonds. The maximum absolute atomic E-state index is 13.4. The van der Waals surface area contributed by atoms with E-state index >= 15 is 0 Å². The van der Waals surface area contributed by atoms with Crippen molar-refractivity contribution in [2.75, 3.05) is 13.1 Å². The first kappa shape index (κ1) is 16.9. The molecule has 1 heterocycles. The van der Waals surface area contributed by atoms with Crippen molar-refractivity contribution in [2.45, 2.75) is 44.8 Å². The summed E-state index contributed by atoms with van der Waals surface area (Å²) in [6, 6.07) is 6.34. The summed E-state index contributed by atoms with van der Waals surface area (Å²) >= 11 is 0. The van der Waals surface area contributed by atoms with Crippen LogP contribution in [0.2, 0.25) is 0 Å². The molecule has 1 aromatic carbocycles. The lowest BCUT2D eigenvalue weighted by atomic mass is 9.64. The van der Waals surface area contributed by atoms with Gasteiger partial charge in [0.15, 0.2) is 6.10 Å². The number of aliphatic carboxylic acids is 1. The second-order valence-corrected chi connectivity index (χ2v) is 6.92. The quantitative estimate of drug-likeness (QED) is 0.916. The first-order chi connectivity index (χ1) is 11.4. The van der Waals surface area contributed by atoms with E-state index < -0.39 is 17.5 Å². The van der Waals surface area contributed by atoms with Crippen LogP contribution in [-0.4, -0.2) is 47.2 Å². The van der Waals surface area contributed by atoms with E-state index in [0.717, 1.165) is 24.8 Å². The van der Waals surface area contributed by atoms with E-state index in [-0.39, 0.29) is 24.4 Å². The highest BCUT2D eigenvalue weighted by atomic mass is 19.1. The summed E-state index contributed by atoms with van der Waals surface area (Å²) < 4.78 is 18.8. The third-order valence-corrected chi connectivity index (χ3v) is 5.02. The molecule has 1 aromatic rings. The Morgan fingerprint density at radius 2 is 2.12 bits per heavy atom. The van der Waals surface area contributed by atoms with Crippen LogP contribution in [0, 0.1) is 11.2 Å². The van der Waals surface area contributed by atoms with Crippen LogP contribution in [0.25, 0.3) is 0 Å². The van der Waals surface area contributed by atoms with Crippen LogP contribution in [0.3, 0.4) is 0 Å². The van der Waals surface area contributed by atoms with Gasteiger partial charge < -0.3 is 14.7 Å². The van der Waals surface area contributed by atoms with Crippen LogP contribution in [0.5, 0.6) is 0 Å². The Kier molecular flexibility index (Phi) is 4.58. The second-order valence-electron chi connectivity index (χ2n) is 6.92. The molecular formula is C18H22FNO4. The smallest absolute Gasteiger partial charge is 0.334 e. The maximum Gasteiger partial charge on any atom is 0.334 e. The van der Waals surface area contributed by atoms with E-state index in [9.17, 15) is 19.1 Å². The summed E-state index contributed by atoms with van der Waals surface area (Å²) in [6.07, 6.45) is 1.67. The molecule has 0 spiro atoms. The highest BCUT2D eigenvalue weighted by molar-refractivity contribution is 5.85. The van der Waals surface area contributed by atoms with E-state index in [1.54, 1.807) is 17.9 Å². The van der Waals surface area contributed by atoms with E-state index in [4.69, 9.17) is 4.74 Å². The van der Waals surface area contributed by atoms with Gasteiger partial charge >= 0.3 is 5.97 Å². The zero-order valence-electron chi connectivity index (χ0n) is 13.7. The number of carbonyl (C=O) groups excluding carboxylic acids is 1. The molecule has 1 saturated heterocycles. The number of halogens is 1. The first-order valence-electron chi connectivity index (χ1n) is 8.32. The fraction of sp³-hybridized carbons (Fsp3) is 0.556. The van der Waals surface area contributed by atoms with Crippen molar-refractivity contribution in [2.24, 2.45) is 5.41 Å². The van der Waals surface area contributed by atoms with Gasteiger partial charge in [-0.05, 0) is 43.9 Å². The Hall–Kier alpha value is -1.95. The number of carboxylic acids is 1. The summed E-state index contributed by atoms with van der Waals surface area (Å²) in [7, 11) is 0. The minimum absolute atomic E-state index is 0.0283. The standard InChI is InChI=1S/C18H22FNO4/c1-12-10-20(11-15(24-12)16(21)22)17(23)18(6-3-7-18)9-13-4-2-5-14(19)8-13/h2,4-5,8,12,15H,3,6-7,9-11H2,1H3,(H,21,22)/t12-,15?/m1/s1. The monoisotopic (exact) mass is 335 g/mol. The Labute approximate surface area is 140 Å². The van der Waals surface area contributed by atoms with E-state index in [0.29, 0.717) is 13.0 Å². The predicted molar refractivity (Wildman–Crippen MR) is 84.9 cm³/mol. The molecule has 3 rings (SSSR count). The van der Waals surface area contributed by atoms with Crippen LogP contribution in [0.15, 0.2) is 24.3 Å². The normalized spacial score (nSPS) is 25.8. The van der Waals surface area contributed by atoms with E-state index in [1.807, 2.05) is 6.07 Å². The number of ether oxygens (including phenoxy) is 1. The minimum atomic E-state index is -1.05. The van der Waals surface area contributed by atoms with Gasteiger partial charge in [0.2, 0.25) is 5.91 Å². The second kappa shape index (κ2) is 6.51. The van der Waals surface area contributed by atoms with Gasteiger partial charge in [0.25, 0.3) is 0 Å². The fourth-order valence-corrected chi connectivity index (χ4v) is 3.70. The van der Waals surface area contributed by atoms with Gasteiger partial charge in [-0.3, -0.25) is 4.79 Å². The molecule has 2 aliphatic rings. The molecule has 0 radical (unpaired) electrons. The molecule has 0 bridgehead atoms. The highest BCUT2D eigenvalue weighted by Crippen LogP contribution is 2.45. The molecule has 24 heavy (non-hydrogen) atoms. The molecule has 1 N–H and O–H groups in total. The molecular weight excluding hydrogens is 313 g/mol. The van der Waals surface area contributed by atoms with Crippen molar-refractivity contribution in [3.63, 3.8) is 0 Å². The zero-order valence-corrected chi connectivity index (χ0v) is 13.7. The fourth-order valence-electron chi connectivity index (χ4n) is 3.70. The number of amides is 1. The number of benzene rings is 1. The number of nitrogens with zero attached hydrogens (tertiary/aromatic N) is 1. The minimum Gasteiger partial charge on any atom is -0.479 e. The third-order valence-electron chi connectivity index (χ3n) is 5.02. The van der Waals surface area contributed by atoms with Gasteiger partial charge in [0, 0.05) is 6.54 Å². The molecule has 2 atom stereocenters. The van der Waals surface area contributed by atoms with Gasteiger partial charge in [-0.2, -0.15) is 0 Å². The van der Waals surface area contributed by atoms with Crippen molar-refractivity contribution in [3.05, 3.63) is 35.6 Å².